The van der Waals surface area contributed by atoms with Gasteiger partial charge in [0, 0.05) is 13.1 Å². The lowest BCUT2D eigenvalue weighted by molar-refractivity contribution is 0.439. The van der Waals surface area contributed by atoms with Gasteiger partial charge in [0.05, 0.1) is 6.54 Å². The normalized spacial score (nSPS) is 11.9. The molecule has 4 N–H and O–H groups in total. The Hall–Kier alpha value is -0.660. The summed E-state index contributed by atoms with van der Waals surface area (Å²) < 4.78 is 26.6. The van der Waals surface area contributed by atoms with Crippen LogP contribution >= 0.6 is 0 Å². The number of amidine groups is 1. The van der Waals surface area contributed by atoms with Gasteiger partial charge in [0.15, 0.2) is 0 Å². The summed E-state index contributed by atoms with van der Waals surface area (Å²) in [6.45, 7) is 4.22. The number of rotatable bonds is 7. The van der Waals surface area contributed by atoms with Gasteiger partial charge in [0.2, 0.25) is 0 Å². The molecule has 0 aliphatic heterocycles. The Morgan fingerprint density at radius 2 is 2.07 bits per heavy atom. The van der Waals surface area contributed by atoms with E-state index in [2.05, 4.69) is 4.72 Å². The van der Waals surface area contributed by atoms with Crippen LogP contribution in [0.15, 0.2) is 0 Å². The van der Waals surface area contributed by atoms with E-state index in [0.717, 1.165) is 0 Å². The zero-order valence-electron chi connectivity index (χ0n) is 8.58. The maximum atomic E-state index is 11.5. The van der Waals surface area contributed by atoms with Crippen molar-refractivity contribution in [3.05, 3.63) is 0 Å². The molecule has 0 saturated heterocycles. The fourth-order valence-corrected chi connectivity index (χ4v) is 2.28. The van der Waals surface area contributed by atoms with E-state index < -0.39 is 10.2 Å². The zero-order valence-corrected chi connectivity index (χ0v) is 9.39. The summed E-state index contributed by atoms with van der Waals surface area (Å²) in [6, 6.07) is 0. The molecule has 0 heterocycles. The lowest BCUT2D eigenvalue weighted by Crippen LogP contribution is -2.44. The molecular weight excluding hydrogens is 204 g/mol. The van der Waals surface area contributed by atoms with Crippen molar-refractivity contribution in [3.63, 3.8) is 0 Å². The van der Waals surface area contributed by atoms with Gasteiger partial charge in [-0.25, -0.2) is 4.72 Å². The molecule has 7 heteroatoms. The molecule has 0 amide bonds. The smallest absolute Gasteiger partial charge is 0.279 e. The van der Waals surface area contributed by atoms with Crippen molar-refractivity contribution in [1.29, 1.82) is 5.41 Å². The summed E-state index contributed by atoms with van der Waals surface area (Å²) in [5.41, 5.74) is 5.17. The highest BCUT2D eigenvalue weighted by Gasteiger charge is 2.20. The summed E-state index contributed by atoms with van der Waals surface area (Å²) in [7, 11) is -3.47. The molecule has 84 valence electrons. The van der Waals surface area contributed by atoms with E-state index in [1.165, 1.54) is 4.31 Å². The van der Waals surface area contributed by atoms with Gasteiger partial charge < -0.3 is 5.73 Å². The summed E-state index contributed by atoms with van der Waals surface area (Å²) in [6.07, 6.45) is 0.692. The van der Waals surface area contributed by atoms with Crippen LogP contribution in [0, 0.1) is 5.41 Å². The third kappa shape index (κ3) is 4.54. The molecule has 0 aromatic heterocycles. The third-order valence-electron chi connectivity index (χ3n) is 1.49. The van der Waals surface area contributed by atoms with Crippen LogP contribution in [0.1, 0.15) is 20.3 Å². The first-order valence-electron chi connectivity index (χ1n) is 4.51. The van der Waals surface area contributed by atoms with Crippen molar-refractivity contribution in [2.24, 2.45) is 5.73 Å². The quantitative estimate of drug-likeness (QED) is 0.399. The highest BCUT2D eigenvalue weighted by Crippen LogP contribution is 1.98. The van der Waals surface area contributed by atoms with E-state index >= 15 is 0 Å². The van der Waals surface area contributed by atoms with E-state index in [0.29, 0.717) is 19.5 Å². The van der Waals surface area contributed by atoms with Crippen molar-refractivity contribution in [2.45, 2.75) is 20.3 Å². The van der Waals surface area contributed by atoms with Crippen LogP contribution < -0.4 is 10.5 Å². The molecule has 0 aromatic carbocycles. The minimum atomic E-state index is -3.47. The summed E-state index contributed by atoms with van der Waals surface area (Å²) >= 11 is 0. The number of hydrogen-bond donors (Lipinski definition) is 3. The van der Waals surface area contributed by atoms with Gasteiger partial charge >= 0.3 is 0 Å². The van der Waals surface area contributed by atoms with Crippen LogP contribution in [-0.2, 0) is 10.2 Å². The SMILES string of the molecule is CCCN(CC(=N)N)S(=O)(=O)NCC. The predicted molar refractivity (Wildman–Crippen MR) is 56.4 cm³/mol. The van der Waals surface area contributed by atoms with E-state index in [1.54, 1.807) is 6.92 Å². The third-order valence-corrected chi connectivity index (χ3v) is 3.13. The summed E-state index contributed by atoms with van der Waals surface area (Å²) in [5, 5.41) is 7.06. The van der Waals surface area contributed by atoms with E-state index in [9.17, 15) is 8.42 Å². The van der Waals surface area contributed by atoms with Gasteiger partial charge in [-0.15, -0.1) is 0 Å². The Morgan fingerprint density at radius 3 is 2.43 bits per heavy atom. The maximum absolute atomic E-state index is 11.5. The number of hydrogen-bond acceptors (Lipinski definition) is 3. The second kappa shape index (κ2) is 5.94. The predicted octanol–water partition coefficient (Wildman–Crippen LogP) is -0.511. The van der Waals surface area contributed by atoms with Gasteiger partial charge in [-0.05, 0) is 6.42 Å². The highest BCUT2D eigenvalue weighted by molar-refractivity contribution is 7.87. The molecule has 0 aliphatic rings. The molecule has 0 fully saturated rings. The van der Waals surface area contributed by atoms with Crippen molar-refractivity contribution in [1.82, 2.24) is 9.03 Å². The molecule has 0 bridgehead atoms. The first kappa shape index (κ1) is 13.3. The highest BCUT2D eigenvalue weighted by atomic mass is 32.2. The molecule has 0 atom stereocenters. The van der Waals surface area contributed by atoms with Gasteiger partial charge in [0.1, 0.15) is 5.84 Å². The van der Waals surface area contributed by atoms with E-state index in [1.807, 2.05) is 6.92 Å². The molecule has 0 saturated carbocycles. The van der Waals surface area contributed by atoms with E-state index in [4.69, 9.17) is 11.1 Å². The summed E-state index contributed by atoms with van der Waals surface area (Å²) in [5.74, 6) is -0.153. The Kier molecular flexibility index (Phi) is 5.66. The zero-order chi connectivity index (χ0) is 11.2. The van der Waals surface area contributed by atoms with Gasteiger partial charge in [-0.1, -0.05) is 13.8 Å². The van der Waals surface area contributed by atoms with E-state index in [-0.39, 0.29) is 12.4 Å². The minimum absolute atomic E-state index is 0.0524. The van der Waals surface area contributed by atoms with Crippen molar-refractivity contribution < 1.29 is 8.42 Å². The number of nitrogens with one attached hydrogen (secondary N) is 2. The van der Waals surface area contributed by atoms with Gasteiger partial charge in [-0.3, -0.25) is 5.41 Å². The van der Waals surface area contributed by atoms with Gasteiger partial charge in [0.25, 0.3) is 10.2 Å². The maximum Gasteiger partial charge on any atom is 0.279 e. The molecule has 6 nitrogen and oxygen atoms in total. The van der Waals surface area contributed by atoms with Crippen molar-refractivity contribution in [3.8, 4) is 0 Å². The standard InChI is InChI=1S/C7H18N4O2S/c1-3-5-11(6-7(8)9)14(12,13)10-4-2/h10H,3-6H2,1-2H3,(H3,8,9). The Labute approximate surface area is 85.2 Å². The largest absolute Gasteiger partial charge is 0.387 e. The van der Waals surface area contributed by atoms with Crippen LogP contribution in [0.4, 0.5) is 0 Å². The molecule has 0 aliphatic carbocycles. The first-order valence-corrected chi connectivity index (χ1v) is 5.95. The average Bonchev–Trinajstić information content (AvgIpc) is 2.02. The number of nitrogens with zero attached hydrogens (tertiary/aromatic N) is 1. The monoisotopic (exact) mass is 222 g/mol. The lowest BCUT2D eigenvalue weighted by atomic mass is 10.4. The van der Waals surface area contributed by atoms with Crippen LogP contribution in [0.25, 0.3) is 0 Å². The second-order valence-corrected chi connectivity index (χ2v) is 4.62. The molecule has 0 unspecified atom stereocenters. The summed E-state index contributed by atoms with van der Waals surface area (Å²) in [4.78, 5) is 0. The molecule has 0 radical (unpaired) electrons. The van der Waals surface area contributed by atoms with Crippen LogP contribution in [0.5, 0.6) is 0 Å². The van der Waals surface area contributed by atoms with Crippen molar-refractivity contribution >= 4 is 16.0 Å². The topological polar surface area (TPSA) is 99.3 Å². The molecule has 14 heavy (non-hydrogen) atoms. The Balaban J connectivity index is 4.54. The molecule has 0 rings (SSSR count). The number of nitrogens with two attached hydrogens (primary N) is 1. The lowest BCUT2D eigenvalue weighted by Gasteiger charge is -2.20. The van der Waals surface area contributed by atoms with Crippen LogP contribution in [0.2, 0.25) is 0 Å². The van der Waals surface area contributed by atoms with Crippen LogP contribution in [0.3, 0.4) is 0 Å². The fraction of sp³-hybridized carbons (Fsp3) is 0.857. The first-order chi connectivity index (χ1) is 6.44. The molecular formula is C7H18N4O2S. The molecule has 0 spiro atoms. The molecule has 0 aromatic rings. The van der Waals surface area contributed by atoms with Crippen molar-refractivity contribution in [2.75, 3.05) is 19.6 Å². The van der Waals surface area contributed by atoms with Gasteiger partial charge in [-0.2, -0.15) is 12.7 Å². The second-order valence-electron chi connectivity index (χ2n) is 2.86. The Morgan fingerprint density at radius 1 is 1.50 bits per heavy atom. The average molecular weight is 222 g/mol. The Bertz CT molecular complexity index is 275. The van der Waals surface area contributed by atoms with Crippen LogP contribution in [-0.4, -0.2) is 38.2 Å². The minimum Gasteiger partial charge on any atom is -0.387 e. The fourth-order valence-electron chi connectivity index (χ4n) is 0.997.